The van der Waals surface area contributed by atoms with Gasteiger partial charge in [-0.05, 0) is 31.0 Å². The van der Waals surface area contributed by atoms with Crippen LogP contribution in [0.4, 0.5) is 0 Å². The molecule has 0 spiro atoms. The molecule has 1 aromatic carbocycles. The first-order chi connectivity index (χ1) is 8.83. The van der Waals surface area contributed by atoms with E-state index in [1.807, 2.05) is 18.2 Å². The maximum atomic E-state index is 5.63. The van der Waals surface area contributed by atoms with Crippen LogP contribution in [0.1, 0.15) is 31.2 Å². The lowest BCUT2D eigenvalue weighted by molar-refractivity contribution is -0.0246. The third-order valence-electron chi connectivity index (χ3n) is 3.30. The second-order valence-electron chi connectivity index (χ2n) is 4.52. The van der Waals surface area contributed by atoms with Crippen molar-refractivity contribution in [3.63, 3.8) is 0 Å². The quantitative estimate of drug-likeness (QED) is 0.789. The number of ether oxygens (including phenoxy) is 2. The van der Waals surface area contributed by atoms with Gasteiger partial charge in [0.15, 0.2) is 0 Å². The molecule has 1 aromatic rings. The van der Waals surface area contributed by atoms with Crippen molar-refractivity contribution in [3.05, 3.63) is 23.8 Å². The molecule has 2 rings (SSSR count). The van der Waals surface area contributed by atoms with E-state index >= 15 is 0 Å². The summed E-state index contributed by atoms with van der Waals surface area (Å²) in [5.74, 6) is 1.67. The minimum Gasteiger partial charge on any atom is -0.497 e. The van der Waals surface area contributed by atoms with Gasteiger partial charge in [0.2, 0.25) is 0 Å². The molecule has 1 aliphatic rings. The van der Waals surface area contributed by atoms with E-state index in [9.17, 15) is 0 Å². The van der Waals surface area contributed by atoms with Crippen molar-refractivity contribution in [2.75, 3.05) is 14.2 Å². The fourth-order valence-electron chi connectivity index (χ4n) is 2.26. The van der Waals surface area contributed by atoms with Crippen molar-refractivity contribution in [2.45, 2.75) is 38.3 Å². The number of hydrogen-bond acceptors (Lipinski definition) is 4. The van der Waals surface area contributed by atoms with Gasteiger partial charge in [0.25, 0.3) is 0 Å². The Morgan fingerprint density at radius 2 is 1.94 bits per heavy atom. The summed E-state index contributed by atoms with van der Waals surface area (Å²) in [4.78, 5) is 5.63. The molecule has 1 aliphatic carbocycles. The average Bonchev–Trinajstić information content (AvgIpc) is 2.92. The Bertz CT molecular complexity index is 375. The maximum absolute atomic E-state index is 5.63. The van der Waals surface area contributed by atoms with Gasteiger partial charge in [-0.3, -0.25) is 4.84 Å². The predicted molar refractivity (Wildman–Crippen MR) is 69.7 cm³/mol. The van der Waals surface area contributed by atoms with E-state index in [1.165, 1.54) is 12.8 Å². The van der Waals surface area contributed by atoms with E-state index in [0.29, 0.717) is 12.6 Å². The molecule has 18 heavy (non-hydrogen) atoms. The zero-order valence-electron chi connectivity index (χ0n) is 11.1. The summed E-state index contributed by atoms with van der Waals surface area (Å²) in [6, 6.07) is 5.76. The molecule has 0 aliphatic heterocycles. The summed E-state index contributed by atoms with van der Waals surface area (Å²) < 4.78 is 10.5. The third-order valence-corrected chi connectivity index (χ3v) is 3.30. The third kappa shape index (κ3) is 3.37. The van der Waals surface area contributed by atoms with Crippen LogP contribution in [-0.4, -0.2) is 20.3 Å². The lowest BCUT2D eigenvalue weighted by atomic mass is 10.2. The molecule has 0 bridgehead atoms. The summed E-state index contributed by atoms with van der Waals surface area (Å²) in [6.45, 7) is 0.622. The average molecular weight is 251 g/mol. The van der Waals surface area contributed by atoms with Gasteiger partial charge in [0.05, 0.1) is 20.3 Å². The first-order valence-corrected chi connectivity index (χ1v) is 6.43. The normalized spacial score (nSPS) is 15.9. The van der Waals surface area contributed by atoms with Crippen LogP contribution in [0.3, 0.4) is 0 Å². The molecular formula is C14H21NO3. The van der Waals surface area contributed by atoms with Crippen molar-refractivity contribution in [2.24, 2.45) is 0 Å². The van der Waals surface area contributed by atoms with Crippen LogP contribution in [-0.2, 0) is 11.4 Å². The maximum Gasteiger partial charge on any atom is 0.123 e. The SMILES string of the molecule is COc1ccc(OC)c(CNOC2CCCC2)c1. The minimum absolute atomic E-state index is 0.363. The van der Waals surface area contributed by atoms with Gasteiger partial charge in [0, 0.05) is 12.1 Å². The molecule has 0 aromatic heterocycles. The molecule has 4 heteroatoms. The van der Waals surface area contributed by atoms with Crippen molar-refractivity contribution >= 4 is 0 Å². The van der Waals surface area contributed by atoms with Crippen LogP contribution in [0.15, 0.2) is 18.2 Å². The van der Waals surface area contributed by atoms with Gasteiger partial charge in [-0.25, -0.2) is 0 Å². The van der Waals surface area contributed by atoms with Gasteiger partial charge < -0.3 is 9.47 Å². The van der Waals surface area contributed by atoms with Crippen LogP contribution in [0.5, 0.6) is 11.5 Å². The molecule has 0 amide bonds. The van der Waals surface area contributed by atoms with E-state index in [2.05, 4.69) is 5.48 Å². The number of rotatable bonds is 6. The topological polar surface area (TPSA) is 39.7 Å². The Morgan fingerprint density at radius 1 is 1.17 bits per heavy atom. The number of nitrogens with one attached hydrogen (secondary N) is 1. The van der Waals surface area contributed by atoms with E-state index in [4.69, 9.17) is 14.3 Å². The van der Waals surface area contributed by atoms with Crippen molar-refractivity contribution in [1.82, 2.24) is 5.48 Å². The Labute approximate surface area is 108 Å². The highest BCUT2D eigenvalue weighted by Crippen LogP contribution is 2.24. The monoisotopic (exact) mass is 251 g/mol. The van der Waals surface area contributed by atoms with E-state index in [-0.39, 0.29) is 0 Å². The van der Waals surface area contributed by atoms with Crippen LogP contribution in [0, 0.1) is 0 Å². The van der Waals surface area contributed by atoms with Crippen LogP contribution in [0.25, 0.3) is 0 Å². The largest absolute Gasteiger partial charge is 0.497 e. The molecule has 100 valence electrons. The van der Waals surface area contributed by atoms with Gasteiger partial charge in [-0.2, -0.15) is 5.48 Å². The molecule has 0 radical (unpaired) electrons. The highest BCUT2D eigenvalue weighted by Gasteiger charge is 2.15. The molecule has 1 fully saturated rings. The number of hydrogen-bond donors (Lipinski definition) is 1. The molecule has 1 saturated carbocycles. The number of methoxy groups -OCH3 is 2. The lowest BCUT2D eigenvalue weighted by Gasteiger charge is -2.14. The Hall–Kier alpha value is -1.26. The van der Waals surface area contributed by atoms with E-state index < -0.39 is 0 Å². The second kappa shape index (κ2) is 6.61. The molecular weight excluding hydrogens is 230 g/mol. The van der Waals surface area contributed by atoms with E-state index in [0.717, 1.165) is 29.9 Å². The lowest BCUT2D eigenvalue weighted by Crippen LogP contribution is -2.21. The molecule has 4 nitrogen and oxygen atoms in total. The van der Waals surface area contributed by atoms with Crippen molar-refractivity contribution in [3.8, 4) is 11.5 Å². The van der Waals surface area contributed by atoms with Crippen LogP contribution < -0.4 is 15.0 Å². The van der Waals surface area contributed by atoms with Gasteiger partial charge in [0.1, 0.15) is 11.5 Å². The Kier molecular flexibility index (Phi) is 4.84. The van der Waals surface area contributed by atoms with E-state index in [1.54, 1.807) is 14.2 Å². The van der Waals surface area contributed by atoms with Crippen molar-refractivity contribution in [1.29, 1.82) is 0 Å². The van der Waals surface area contributed by atoms with Crippen molar-refractivity contribution < 1.29 is 14.3 Å². The fraction of sp³-hybridized carbons (Fsp3) is 0.571. The molecule has 0 saturated heterocycles. The standard InChI is InChI=1S/C14H21NO3/c1-16-13-7-8-14(17-2)11(9-13)10-15-18-12-5-3-4-6-12/h7-9,12,15H,3-6,10H2,1-2H3. The van der Waals surface area contributed by atoms with Gasteiger partial charge >= 0.3 is 0 Å². The van der Waals surface area contributed by atoms with Gasteiger partial charge in [-0.1, -0.05) is 12.8 Å². The first-order valence-electron chi connectivity index (χ1n) is 6.43. The molecule has 0 atom stereocenters. The highest BCUT2D eigenvalue weighted by molar-refractivity contribution is 5.40. The Morgan fingerprint density at radius 3 is 2.61 bits per heavy atom. The Balaban J connectivity index is 1.89. The van der Waals surface area contributed by atoms with Crippen LogP contribution >= 0.6 is 0 Å². The fourth-order valence-corrected chi connectivity index (χ4v) is 2.26. The predicted octanol–water partition coefficient (Wildman–Crippen LogP) is 2.67. The molecule has 0 unspecified atom stereocenters. The smallest absolute Gasteiger partial charge is 0.123 e. The number of hydroxylamine groups is 1. The first kappa shape index (κ1) is 13.2. The zero-order valence-corrected chi connectivity index (χ0v) is 11.1. The molecule has 0 heterocycles. The minimum atomic E-state index is 0.363. The summed E-state index contributed by atoms with van der Waals surface area (Å²) in [6.07, 6.45) is 5.22. The second-order valence-corrected chi connectivity index (χ2v) is 4.52. The highest BCUT2D eigenvalue weighted by atomic mass is 16.7. The summed E-state index contributed by atoms with van der Waals surface area (Å²) in [5, 5.41) is 0. The summed E-state index contributed by atoms with van der Waals surface area (Å²) in [7, 11) is 3.33. The summed E-state index contributed by atoms with van der Waals surface area (Å²) >= 11 is 0. The zero-order chi connectivity index (χ0) is 12.8. The number of benzene rings is 1. The molecule has 1 N–H and O–H groups in total. The van der Waals surface area contributed by atoms with Crippen LogP contribution in [0.2, 0.25) is 0 Å². The summed E-state index contributed by atoms with van der Waals surface area (Å²) in [5.41, 5.74) is 4.07. The van der Waals surface area contributed by atoms with Gasteiger partial charge in [-0.15, -0.1) is 0 Å².